The SMILES string of the molecule is CCOC(=O)C(C=NCCNc1ncccc1C(F)(F)F)C(=O)OCC. The Morgan fingerprint density at radius 2 is 1.88 bits per heavy atom. The lowest BCUT2D eigenvalue weighted by Gasteiger charge is -2.12. The molecule has 1 rings (SSSR count). The molecule has 0 atom stereocenters. The minimum atomic E-state index is -4.53. The molecule has 0 aliphatic carbocycles. The fourth-order valence-corrected chi connectivity index (χ4v) is 1.88. The standard InChI is InChI=1S/C16H20F3N3O4/c1-3-25-14(23)11(15(24)26-4-2)10-20-8-9-22-13-12(16(17,18)19)6-5-7-21-13/h5-7,10-11H,3-4,8-9H2,1-2H3,(H,21,22). The van der Waals surface area contributed by atoms with Crippen LogP contribution in [0.2, 0.25) is 0 Å². The summed E-state index contributed by atoms with van der Waals surface area (Å²) in [7, 11) is 0. The Balaban J connectivity index is 2.65. The van der Waals surface area contributed by atoms with E-state index in [-0.39, 0.29) is 32.1 Å². The third-order valence-corrected chi connectivity index (χ3v) is 2.98. The van der Waals surface area contributed by atoms with Crippen LogP contribution in [-0.4, -0.2) is 49.4 Å². The zero-order chi connectivity index (χ0) is 19.6. The molecule has 0 saturated heterocycles. The van der Waals surface area contributed by atoms with E-state index in [0.717, 1.165) is 12.3 Å². The number of nitrogens with one attached hydrogen (secondary N) is 1. The summed E-state index contributed by atoms with van der Waals surface area (Å²) in [5.74, 6) is -3.23. The highest BCUT2D eigenvalue weighted by molar-refractivity contribution is 6.09. The maximum atomic E-state index is 12.8. The molecule has 0 aliphatic rings. The minimum absolute atomic E-state index is 0.0170. The van der Waals surface area contributed by atoms with E-state index >= 15 is 0 Å². The number of hydrogen-bond donors (Lipinski definition) is 1. The summed E-state index contributed by atoms with van der Waals surface area (Å²) in [4.78, 5) is 31.0. The number of pyridine rings is 1. The molecule has 1 aromatic heterocycles. The molecule has 1 aromatic rings. The van der Waals surface area contributed by atoms with Crippen molar-refractivity contribution in [2.45, 2.75) is 20.0 Å². The molecule has 0 spiro atoms. The molecule has 1 heterocycles. The number of hydrogen-bond acceptors (Lipinski definition) is 7. The first kappa shape index (κ1) is 21.4. The van der Waals surface area contributed by atoms with Crippen LogP contribution in [0, 0.1) is 5.92 Å². The number of aliphatic imine (C=N–C) groups is 1. The van der Waals surface area contributed by atoms with Crippen LogP contribution < -0.4 is 5.32 Å². The number of carbonyl (C=O) groups is 2. The number of halogens is 3. The van der Waals surface area contributed by atoms with Crippen molar-refractivity contribution >= 4 is 24.0 Å². The Bertz CT molecular complexity index is 617. The number of esters is 2. The molecular weight excluding hydrogens is 355 g/mol. The zero-order valence-electron chi connectivity index (χ0n) is 14.4. The average Bonchev–Trinajstić information content (AvgIpc) is 2.57. The normalized spacial score (nSPS) is 11.6. The Morgan fingerprint density at radius 3 is 2.42 bits per heavy atom. The monoisotopic (exact) mass is 375 g/mol. The second-order valence-corrected chi connectivity index (χ2v) is 4.86. The molecule has 0 aliphatic heterocycles. The summed E-state index contributed by atoms with van der Waals surface area (Å²) in [6, 6.07) is 2.10. The number of carbonyl (C=O) groups excluding carboxylic acids is 2. The van der Waals surface area contributed by atoms with Gasteiger partial charge in [0.05, 0.1) is 25.3 Å². The Morgan fingerprint density at radius 1 is 1.27 bits per heavy atom. The van der Waals surface area contributed by atoms with Crippen molar-refractivity contribution in [3.05, 3.63) is 23.9 Å². The lowest BCUT2D eigenvalue weighted by Crippen LogP contribution is -2.29. The van der Waals surface area contributed by atoms with Gasteiger partial charge in [-0.2, -0.15) is 13.2 Å². The van der Waals surface area contributed by atoms with Crippen molar-refractivity contribution in [1.82, 2.24) is 4.98 Å². The van der Waals surface area contributed by atoms with Gasteiger partial charge in [0.15, 0.2) is 5.92 Å². The lowest BCUT2D eigenvalue weighted by atomic mass is 10.2. The second-order valence-electron chi connectivity index (χ2n) is 4.86. The van der Waals surface area contributed by atoms with Crippen molar-refractivity contribution in [2.75, 3.05) is 31.6 Å². The van der Waals surface area contributed by atoms with Gasteiger partial charge in [0.2, 0.25) is 0 Å². The highest BCUT2D eigenvalue weighted by atomic mass is 19.4. The van der Waals surface area contributed by atoms with Gasteiger partial charge in [-0.25, -0.2) is 4.98 Å². The molecule has 0 radical (unpaired) electrons. The van der Waals surface area contributed by atoms with Crippen LogP contribution in [0.4, 0.5) is 19.0 Å². The van der Waals surface area contributed by atoms with E-state index in [0.29, 0.717) is 0 Å². The number of aromatic nitrogens is 1. The van der Waals surface area contributed by atoms with Crippen molar-refractivity contribution in [3.63, 3.8) is 0 Å². The topological polar surface area (TPSA) is 89.9 Å². The van der Waals surface area contributed by atoms with Gasteiger partial charge in [-0.05, 0) is 26.0 Å². The maximum Gasteiger partial charge on any atom is 0.419 e. The number of nitrogens with zero attached hydrogens (tertiary/aromatic N) is 2. The average molecular weight is 375 g/mol. The largest absolute Gasteiger partial charge is 0.465 e. The highest BCUT2D eigenvalue weighted by Gasteiger charge is 2.34. The highest BCUT2D eigenvalue weighted by Crippen LogP contribution is 2.33. The van der Waals surface area contributed by atoms with E-state index < -0.39 is 29.6 Å². The van der Waals surface area contributed by atoms with Crippen molar-refractivity contribution in [2.24, 2.45) is 10.9 Å². The first-order valence-corrected chi connectivity index (χ1v) is 7.90. The zero-order valence-corrected chi connectivity index (χ0v) is 14.4. The van der Waals surface area contributed by atoms with Gasteiger partial charge in [0, 0.05) is 19.0 Å². The summed E-state index contributed by atoms with van der Waals surface area (Å²) in [5.41, 5.74) is -0.889. The molecule has 0 bridgehead atoms. The summed E-state index contributed by atoms with van der Waals surface area (Å²) in [6.07, 6.45) is -2.22. The number of ether oxygens (including phenoxy) is 2. The first-order chi connectivity index (χ1) is 12.3. The van der Waals surface area contributed by atoms with Crippen LogP contribution in [-0.2, 0) is 25.2 Å². The lowest BCUT2D eigenvalue weighted by molar-refractivity contribution is -0.157. The molecular formula is C16H20F3N3O4. The van der Waals surface area contributed by atoms with E-state index in [1.54, 1.807) is 13.8 Å². The Labute approximate surface area is 148 Å². The Kier molecular flexibility index (Phi) is 8.53. The molecule has 0 unspecified atom stereocenters. The minimum Gasteiger partial charge on any atom is -0.465 e. The van der Waals surface area contributed by atoms with E-state index in [4.69, 9.17) is 9.47 Å². The van der Waals surface area contributed by atoms with E-state index in [9.17, 15) is 22.8 Å². The van der Waals surface area contributed by atoms with Gasteiger partial charge in [0.1, 0.15) is 5.82 Å². The van der Waals surface area contributed by atoms with Crippen LogP contribution in [0.15, 0.2) is 23.3 Å². The molecule has 0 amide bonds. The summed E-state index contributed by atoms with van der Waals surface area (Å²) < 4.78 is 48.1. The maximum absolute atomic E-state index is 12.8. The van der Waals surface area contributed by atoms with Gasteiger partial charge >= 0.3 is 18.1 Å². The molecule has 0 fully saturated rings. The van der Waals surface area contributed by atoms with Crippen molar-refractivity contribution < 1.29 is 32.2 Å². The summed E-state index contributed by atoms with van der Waals surface area (Å²) in [6.45, 7) is 3.39. The third kappa shape index (κ3) is 6.69. The fourth-order valence-electron chi connectivity index (χ4n) is 1.88. The number of anilines is 1. The van der Waals surface area contributed by atoms with Crippen LogP contribution in [0.3, 0.4) is 0 Å². The first-order valence-electron chi connectivity index (χ1n) is 7.90. The molecule has 7 nitrogen and oxygen atoms in total. The summed E-state index contributed by atoms with van der Waals surface area (Å²) >= 11 is 0. The fraction of sp³-hybridized carbons (Fsp3) is 0.500. The van der Waals surface area contributed by atoms with Gasteiger partial charge in [0.25, 0.3) is 0 Å². The van der Waals surface area contributed by atoms with E-state index in [1.165, 1.54) is 12.3 Å². The van der Waals surface area contributed by atoms with Gasteiger partial charge in [-0.15, -0.1) is 0 Å². The van der Waals surface area contributed by atoms with Crippen molar-refractivity contribution in [1.29, 1.82) is 0 Å². The predicted octanol–water partition coefficient (Wildman–Crippen LogP) is 2.33. The van der Waals surface area contributed by atoms with Gasteiger partial charge in [-0.3, -0.25) is 14.6 Å². The molecule has 0 aromatic carbocycles. The number of rotatable bonds is 9. The van der Waals surface area contributed by atoms with Crippen molar-refractivity contribution in [3.8, 4) is 0 Å². The molecule has 0 saturated carbocycles. The Hall–Kier alpha value is -2.65. The van der Waals surface area contributed by atoms with Crippen LogP contribution >= 0.6 is 0 Å². The number of alkyl halides is 3. The molecule has 1 N–H and O–H groups in total. The van der Waals surface area contributed by atoms with Crippen LogP contribution in [0.25, 0.3) is 0 Å². The smallest absolute Gasteiger partial charge is 0.419 e. The molecule has 10 heteroatoms. The van der Waals surface area contributed by atoms with Gasteiger partial charge < -0.3 is 14.8 Å². The summed E-state index contributed by atoms with van der Waals surface area (Å²) in [5, 5.41) is 2.53. The quantitative estimate of drug-likeness (QED) is 0.308. The van der Waals surface area contributed by atoms with Crippen LogP contribution in [0.5, 0.6) is 0 Å². The van der Waals surface area contributed by atoms with E-state index in [1.807, 2.05) is 0 Å². The molecule has 144 valence electrons. The van der Waals surface area contributed by atoms with Gasteiger partial charge in [-0.1, -0.05) is 0 Å². The van der Waals surface area contributed by atoms with Crippen LogP contribution in [0.1, 0.15) is 19.4 Å². The second kappa shape index (κ2) is 10.4. The third-order valence-electron chi connectivity index (χ3n) is 2.98. The predicted molar refractivity (Wildman–Crippen MR) is 87.8 cm³/mol. The van der Waals surface area contributed by atoms with E-state index in [2.05, 4.69) is 15.3 Å². The molecule has 26 heavy (non-hydrogen) atoms.